The van der Waals surface area contributed by atoms with E-state index in [9.17, 15) is 4.79 Å². The van der Waals surface area contributed by atoms with Crippen molar-refractivity contribution in [3.8, 4) is 0 Å². The minimum Gasteiger partial charge on any atom is -0.394 e. The highest BCUT2D eigenvalue weighted by Crippen LogP contribution is 2.22. The minimum atomic E-state index is -0.420. The second-order valence-electron chi connectivity index (χ2n) is 3.98. The van der Waals surface area contributed by atoms with Crippen LogP contribution < -0.4 is 5.01 Å². The molecule has 1 atom stereocenters. The first-order valence-electron chi connectivity index (χ1n) is 5.79. The normalized spacial score (nSPS) is 19.7. The standard InChI is InChI=1S/C13H15N3O2/c1-10-12(9-14-7-8-17)13(18)16(15-10)11-5-3-2-4-6-11/h2-6,9,12,17H,7-8H2,1H3/t12-/m1/s1. The lowest BCUT2D eigenvalue weighted by molar-refractivity contribution is -0.118. The van der Waals surface area contributed by atoms with Crippen molar-refractivity contribution in [2.45, 2.75) is 6.92 Å². The Morgan fingerprint density at radius 2 is 2.17 bits per heavy atom. The first-order valence-corrected chi connectivity index (χ1v) is 5.79. The van der Waals surface area contributed by atoms with E-state index >= 15 is 0 Å². The van der Waals surface area contributed by atoms with Gasteiger partial charge in [0.25, 0.3) is 5.91 Å². The maximum atomic E-state index is 12.2. The molecule has 0 fully saturated rings. The number of nitrogens with zero attached hydrogens (tertiary/aromatic N) is 3. The second kappa shape index (κ2) is 5.55. The van der Waals surface area contributed by atoms with E-state index in [0.29, 0.717) is 12.3 Å². The summed E-state index contributed by atoms with van der Waals surface area (Å²) in [5, 5.41) is 14.3. The molecule has 0 radical (unpaired) electrons. The third kappa shape index (κ3) is 2.46. The Hall–Kier alpha value is -2.01. The van der Waals surface area contributed by atoms with Gasteiger partial charge in [-0.25, -0.2) is 0 Å². The average Bonchev–Trinajstić information content (AvgIpc) is 2.68. The van der Waals surface area contributed by atoms with Gasteiger partial charge < -0.3 is 5.11 Å². The van der Waals surface area contributed by atoms with Gasteiger partial charge in [-0.05, 0) is 19.1 Å². The molecule has 2 rings (SSSR count). The Bertz CT molecular complexity index is 482. The van der Waals surface area contributed by atoms with Crippen LogP contribution in [0.5, 0.6) is 0 Å². The quantitative estimate of drug-likeness (QED) is 0.807. The number of hydrogen-bond donors (Lipinski definition) is 1. The van der Waals surface area contributed by atoms with Crippen molar-refractivity contribution in [3.63, 3.8) is 0 Å². The van der Waals surface area contributed by atoms with Crippen molar-refractivity contribution in [2.75, 3.05) is 18.2 Å². The Morgan fingerprint density at radius 3 is 2.83 bits per heavy atom. The molecule has 0 unspecified atom stereocenters. The van der Waals surface area contributed by atoms with Crippen LogP contribution in [0.15, 0.2) is 40.4 Å². The third-order valence-corrected chi connectivity index (χ3v) is 2.67. The maximum Gasteiger partial charge on any atom is 0.261 e. The molecule has 1 amide bonds. The smallest absolute Gasteiger partial charge is 0.261 e. The Labute approximate surface area is 105 Å². The number of benzene rings is 1. The number of aliphatic hydroxyl groups excluding tert-OH is 1. The SMILES string of the molecule is CC1=NN(c2ccccc2)C(=O)[C@@H]1C=NCCO. The Morgan fingerprint density at radius 1 is 1.44 bits per heavy atom. The van der Waals surface area contributed by atoms with E-state index in [1.54, 1.807) is 13.1 Å². The molecule has 0 saturated heterocycles. The number of carbonyl (C=O) groups excluding carboxylic acids is 1. The first-order chi connectivity index (χ1) is 8.74. The molecule has 5 nitrogen and oxygen atoms in total. The highest BCUT2D eigenvalue weighted by molar-refractivity contribution is 6.23. The fourth-order valence-corrected chi connectivity index (χ4v) is 1.74. The average molecular weight is 245 g/mol. The van der Waals surface area contributed by atoms with Crippen LogP contribution in [0.3, 0.4) is 0 Å². The zero-order valence-electron chi connectivity index (χ0n) is 10.2. The molecule has 0 aromatic heterocycles. The van der Waals surface area contributed by atoms with Gasteiger partial charge in [-0.1, -0.05) is 18.2 Å². The summed E-state index contributed by atoms with van der Waals surface area (Å²) in [6, 6.07) is 9.28. The number of amides is 1. The second-order valence-corrected chi connectivity index (χ2v) is 3.98. The van der Waals surface area contributed by atoms with E-state index in [1.807, 2.05) is 30.3 Å². The van der Waals surface area contributed by atoms with Crippen LogP contribution in [0.1, 0.15) is 6.92 Å². The molecule has 18 heavy (non-hydrogen) atoms. The highest BCUT2D eigenvalue weighted by atomic mass is 16.3. The van der Waals surface area contributed by atoms with Crippen molar-refractivity contribution >= 4 is 23.5 Å². The van der Waals surface area contributed by atoms with Gasteiger partial charge in [0.05, 0.1) is 24.6 Å². The van der Waals surface area contributed by atoms with Crippen molar-refractivity contribution in [2.24, 2.45) is 16.0 Å². The summed E-state index contributed by atoms with van der Waals surface area (Å²) in [6.45, 7) is 2.09. The summed E-state index contributed by atoms with van der Waals surface area (Å²) in [7, 11) is 0. The van der Waals surface area contributed by atoms with Crippen molar-refractivity contribution in [3.05, 3.63) is 30.3 Å². The molecule has 5 heteroatoms. The molecular weight excluding hydrogens is 230 g/mol. The van der Waals surface area contributed by atoms with Crippen LogP contribution in [-0.4, -0.2) is 36.1 Å². The van der Waals surface area contributed by atoms with Gasteiger partial charge in [0.15, 0.2) is 0 Å². The fourth-order valence-electron chi connectivity index (χ4n) is 1.74. The molecule has 0 aliphatic carbocycles. The monoisotopic (exact) mass is 245 g/mol. The predicted octanol–water partition coefficient (Wildman–Crippen LogP) is 1.09. The zero-order chi connectivity index (χ0) is 13.0. The van der Waals surface area contributed by atoms with Gasteiger partial charge in [0.1, 0.15) is 5.92 Å². The van der Waals surface area contributed by atoms with E-state index in [1.165, 1.54) is 5.01 Å². The lowest BCUT2D eigenvalue weighted by atomic mass is 10.1. The molecule has 94 valence electrons. The van der Waals surface area contributed by atoms with Crippen LogP contribution in [0, 0.1) is 5.92 Å². The number of aliphatic imine (C=N–C) groups is 1. The molecule has 1 N–H and O–H groups in total. The summed E-state index contributed by atoms with van der Waals surface area (Å²) < 4.78 is 0. The van der Waals surface area contributed by atoms with Crippen LogP contribution in [0.2, 0.25) is 0 Å². The predicted molar refractivity (Wildman–Crippen MR) is 71.0 cm³/mol. The molecule has 0 spiro atoms. The number of hydrazone groups is 1. The molecular formula is C13H15N3O2. The highest BCUT2D eigenvalue weighted by Gasteiger charge is 2.32. The summed E-state index contributed by atoms with van der Waals surface area (Å²) in [4.78, 5) is 16.2. The van der Waals surface area contributed by atoms with Crippen LogP contribution >= 0.6 is 0 Å². The molecule has 1 aromatic carbocycles. The fraction of sp³-hybridized carbons (Fsp3) is 0.308. The Kier molecular flexibility index (Phi) is 3.84. The lowest BCUT2D eigenvalue weighted by Gasteiger charge is -2.12. The summed E-state index contributed by atoms with van der Waals surface area (Å²) in [5.41, 5.74) is 1.46. The first kappa shape index (κ1) is 12.4. The van der Waals surface area contributed by atoms with E-state index < -0.39 is 5.92 Å². The number of anilines is 1. The van der Waals surface area contributed by atoms with Gasteiger partial charge in [0, 0.05) is 6.21 Å². The molecule has 1 heterocycles. The van der Waals surface area contributed by atoms with Crippen LogP contribution in [0.25, 0.3) is 0 Å². The zero-order valence-corrected chi connectivity index (χ0v) is 10.2. The summed E-state index contributed by atoms with van der Waals surface area (Å²) in [5.74, 6) is -0.530. The van der Waals surface area contributed by atoms with Crippen molar-refractivity contribution in [1.29, 1.82) is 0 Å². The van der Waals surface area contributed by atoms with Gasteiger partial charge in [0.2, 0.25) is 0 Å². The maximum absolute atomic E-state index is 12.2. The van der Waals surface area contributed by atoms with E-state index in [4.69, 9.17) is 5.11 Å². The summed E-state index contributed by atoms with van der Waals surface area (Å²) >= 11 is 0. The molecule has 1 aliphatic rings. The van der Waals surface area contributed by atoms with Crippen molar-refractivity contribution < 1.29 is 9.90 Å². The van der Waals surface area contributed by atoms with Gasteiger partial charge >= 0.3 is 0 Å². The number of hydrogen-bond acceptors (Lipinski definition) is 4. The largest absolute Gasteiger partial charge is 0.394 e. The van der Waals surface area contributed by atoms with Gasteiger partial charge in [-0.3, -0.25) is 9.79 Å². The van der Waals surface area contributed by atoms with Crippen LogP contribution in [-0.2, 0) is 4.79 Å². The number of para-hydroxylation sites is 1. The topological polar surface area (TPSA) is 65.3 Å². The molecule has 1 aliphatic heterocycles. The van der Waals surface area contributed by atoms with E-state index in [0.717, 1.165) is 5.69 Å². The molecule has 1 aromatic rings. The van der Waals surface area contributed by atoms with E-state index in [2.05, 4.69) is 10.1 Å². The minimum absolute atomic E-state index is 0.0179. The molecule has 0 saturated carbocycles. The van der Waals surface area contributed by atoms with Gasteiger partial charge in [-0.15, -0.1) is 0 Å². The lowest BCUT2D eigenvalue weighted by Crippen LogP contribution is -2.28. The number of carbonyl (C=O) groups is 1. The number of aliphatic hydroxyl groups is 1. The third-order valence-electron chi connectivity index (χ3n) is 2.67. The Balaban J connectivity index is 2.17. The van der Waals surface area contributed by atoms with E-state index in [-0.39, 0.29) is 12.5 Å². The summed E-state index contributed by atoms with van der Waals surface area (Å²) in [6.07, 6.45) is 1.56. The van der Waals surface area contributed by atoms with Gasteiger partial charge in [-0.2, -0.15) is 10.1 Å². The number of rotatable bonds is 4. The molecule has 0 bridgehead atoms. The van der Waals surface area contributed by atoms with Crippen LogP contribution in [0.4, 0.5) is 5.69 Å². The van der Waals surface area contributed by atoms with Crippen molar-refractivity contribution in [1.82, 2.24) is 0 Å².